The van der Waals surface area contributed by atoms with E-state index >= 15 is 0 Å². The van der Waals surface area contributed by atoms with Crippen LogP contribution >= 0.6 is 0 Å². The lowest BCUT2D eigenvalue weighted by atomic mass is 10.0. The van der Waals surface area contributed by atoms with Gasteiger partial charge in [-0.25, -0.2) is 9.78 Å². The van der Waals surface area contributed by atoms with Crippen LogP contribution in [0.15, 0.2) is 84.9 Å². The molecule has 8 nitrogen and oxygen atoms in total. The van der Waals surface area contributed by atoms with E-state index in [0.29, 0.717) is 33.7 Å². The molecule has 1 N–H and O–H groups in total. The second kappa shape index (κ2) is 11.7. The largest absolute Gasteiger partial charge is 0.497 e. The average molecular weight is 537 g/mol. The Morgan fingerprint density at radius 2 is 1.55 bits per heavy atom. The molecule has 0 fully saturated rings. The molecular formula is C32H28N2O6. The Kier molecular flexibility index (Phi) is 7.77. The van der Waals surface area contributed by atoms with Gasteiger partial charge in [-0.05, 0) is 58.8 Å². The molecule has 1 aromatic heterocycles. The number of carbonyl (C=O) groups is 2. The lowest BCUT2D eigenvalue weighted by molar-refractivity contribution is -0.124. The summed E-state index contributed by atoms with van der Waals surface area (Å²) < 4.78 is 21.3. The van der Waals surface area contributed by atoms with Gasteiger partial charge in [-0.3, -0.25) is 4.79 Å². The summed E-state index contributed by atoms with van der Waals surface area (Å²) in [6, 6.07) is 26.2. The minimum absolute atomic E-state index is 0.243. The Balaban J connectivity index is 1.33. The van der Waals surface area contributed by atoms with Crippen molar-refractivity contribution in [2.45, 2.75) is 6.54 Å². The van der Waals surface area contributed by atoms with Crippen LogP contribution in [0.5, 0.6) is 17.2 Å². The van der Waals surface area contributed by atoms with E-state index < -0.39 is 18.5 Å². The first kappa shape index (κ1) is 26.5. The summed E-state index contributed by atoms with van der Waals surface area (Å²) in [4.78, 5) is 30.5. The lowest BCUT2D eigenvalue weighted by Crippen LogP contribution is -2.28. The molecule has 4 aromatic carbocycles. The number of esters is 1. The van der Waals surface area contributed by atoms with Gasteiger partial charge in [-0.2, -0.15) is 0 Å². The van der Waals surface area contributed by atoms with Crippen molar-refractivity contribution in [1.82, 2.24) is 10.3 Å². The number of amides is 1. The first-order valence-corrected chi connectivity index (χ1v) is 12.6. The average Bonchev–Trinajstić information content (AvgIpc) is 3.01. The second-order valence-corrected chi connectivity index (χ2v) is 9.04. The number of para-hydroxylation sites is 1. The molecule has 0 aliphatic rings. The molecular weight excluding hydrogens is 508 g/mol. The van der Waals surface area contributed by atoms with Crippen LogP contribution in [0.25, 0.3) is 32.9 Å². The summed E-state index contributed by atoms with van der Waals surface area (Å²) in [5.41, 5.74) is 3.28. The van der Waals surface area contributed by atoms with Crippen LogP contribution in [0.1, 0.15) is 15.9 Å². The topological polar surface area (TPSA) is 96.0 Å². The molecule has 5 rings (SSSR count). The predicted molar refractivity (Wildman–Crippen MR) is 153 cm³/mol. The Hall–Kier alpha value is -5.11. The number of nitrogens with one attached hydrogen (secondary N) is 1. The highest BCUT2D eigenvalue weighted by Crippen LogP contribution is 2.30. The van der Waals surface area contributed by atoms with Gasteiger partial charge in [0.05, 0.1) is 38.1 Å². The predicted octanol–water partition coefficient (Wildman–Crippen LogP) is 5.55. The number of hydrogen-bond acceptors (Lipinski definition) is 7. The summed E-state index contributed by atoms with van der Waals surface area (Å²) in [7, 11) is 4.74. The smallest absolute Gasteiger partial charge is 0.339 e. The van der Waals surface area contributed by atoms with Gasteiger partial charge in [0.1, 0.15) is 5.75 Å². The zero-order chi connectivity index (χ0) is 28.1. The number of benzene rings is 4. The molecule has 0 saturated heterocycles. The number of fused-ring (bicyclic) bond motifs is 2. The van der Waals surface area contributed by atoms with E-state index in [0.717, 1.165) is 27.6 Å². The molecule has 1 amide bonds. The molecule has 202 valence electrons. The van der Waals surface area contributed by atoms with Crippen molar-refractivity contribution in [3.8, 4) is 28.5 Å². The number of carbonyl (C=O) groups excluding carboxylic acids is 2. The van der Waals surface area contributed by atoms with Crippen LogP contribution in [0.2, 0.25) is 0 Å². The van der Waals surface area contributed by atoms with Crippen LogP contribution < -0.4 is 19.5 Å². The first-order chi connectivity index (χ1) is 19.5. The zero-order valence-electron chi connectivity index (χ0n) is 22.4. The van der Waals surface area contributed by atoms with E-state index in [-0.39, 0.29) is 6.54 Å². The van der Waals surface area contributed by atoms with Crippen molar-refractivity contribution < 1.29 is 28.5 Å². The maximum Gasteiger partial charge on any atom is 0.339 e. The van der Waals surface area contributed by atoms with Gasteiger partial charge in [0, 0.05) is 17.5 Å². The number of methoxy groups -OCH3 is 3. The normalized spacial score (nSPS) is 10.8. The first-order valence-electron chi connectivity index (χ1n) is 12.6. The fraction of sp³-hybridized carbons (Fsp3) is 0.156. The third-order valence-electron chi connectivity index (χ3n) is 6.55. The van der Waals surface area contributed by atoms with E-state index in [9.17, 15) is 9.59 Å². The molecule has 40 heavy (non-hydrogen) atoms. The number of hydrogen-bond donors (Lipinski definition) is 1. The molecule has 0 atom stereocenters. The van der Waals surface area contributed by atoms with Gasteiger partial charge in [0.25, 0.3) is 5.91 Å². The van der Waals surface area contributed by atoms with Crippen molar-refractivity contribution in [2.75, 3.05) is 27.9 Å². The van der Waals surface area contributed by atoms with Crippen LogP contribution in [-0.2, 0) is 16.1 Å². The summed E-state index contributed by atoms with van der Waals surface area (Å²) in [6.45, 7) is -0.178. The number of ether oxygens (including phenoxy) is 4. The number of nitrogens with zero attached hydrogens (tertiary/aromatic N) is 1. The van der Waals surface area contributed by atoms with Crippen molar-refractivity contribution in [2.24, 2.45) is 0 Å². The molecule has 0 saturated carbocycles. The monoisotopic (exact) mass is 536 g/mol. The Bertz CT molecular complexity index is 1720. The quantitative estimate of drug-likeness (QED) is 0.247. The van der Waals surface area contributed by atoms with Crippen molar-refractivity contribution in [1.29, 1.82) is 0 Å². The van der Waals surface area contributed by atoms with E-state index in [2.05, 4.69) is 5.32 Å². The summed E-state index contributed by atoms with van der Waals surface area (Å²) in [5, 5.41) is 5.45. The van der Waals surface area contributed by atoms with Crippen LogP contribution in [0.4, 0.5) is 0 Å². The highest BCUT2D eigenvalue weighted by molar-refractivity contribution is 6.05. The molecule has 8 heteroatoms. The van der Waals surface area contributed by atoms with Crippen molar-refractivity contribution >= 4 is 33.6 Å². The minimum atomic E-state index is -0.605. The van der Waals surface area contributed by atoms with Crippen LogP contribution in [0.3, 0.4) is 0 Å². The summed E-state index contributed by atoms with van der Waals surface area (Å²) in [6.07, 6.45) is 0. The van der Waals surface area contributed by atoms with E-state index in [4.69, 9.17) is 23.9 Å². The minimum Gasteiger partial charge on any atom is -0.497 e. The third kappa shape index (κ3) is 5.66. The number of pyridine rings is 1. The fourth-order valence-electron chi connectivity index (χ4n) is 4.45. The number of rotatable bonds is 9. The molecule has 0 bridgehead atoms. The maximum atomic E-state index is 13.2. The van der Waals surface area contributed by atoms with Crippen LogP contribution in [0, 0.1) is 0 Å². The SMILES string of the molecule is COc1ccc2cc(-c3cc(C(=O)OCC(=O)NCc4ccc(OC)c(OC)c4)c4ccccc4n3)ccc2c1. The standard InChI is InChI=1S/C32H28N2O6/c1-37-24-12-11-21-15-23(10-9-22(21)16-24)28-17-26(25-6-4-5-7-27(25)34-28)32(36)40-19-31(35)33-18-20-8-13-29(38-2)30(14-20)39-3/h4-17H,18-19H2,1-3H3,(H,33,35). The van der Waals surface area contributed by atoms with Gasteiger partial charge in [0.15, 0.2) is 18.1 Å². The van der Waals surface area contributed by atoms with Crippen molar-refractivity contribution in [3.05, 3.63) is 96.1 Å². The zero-order valence-corrected chi connectivity index (χ0v) is 22.4. The molecule has 0 spiro atoms. The molecule has 1 heterocycles. The van der Waals surface area contributed by atoms with Gasteiger partial charge >= 0.3 is 5.97 Å². The maximum absolute atomic E-state index is 13.2. The fourth-order valence-corrected chi connectivity index (χ4v) is 4.45. The Labute approximate surface area is 231 Å². The molecule has 0 aliphatic carbocycles. The van der Waals surface area contributed by atoms with Crippen molar-refractivity contribution in [3.63, 3.8) is 0 Å². The van der Waals surface area contributed by atoms with E-state index in [1.807, 2.05) is 66.7 Å². The van der Waals surface area contributed by atoms with E-state index in [1.165, 1.54) is 0 Å². The molecule has 0 aliphatic heterocycles. The lowest BCUT2D eigenvalue weighted by Gasteiger charge is -2.12. The molecule has 5 aromatic rings. The summed E-state index contributed by atoms with van der Waals surface area (Å²) >= 11 is 0. The molecule has 0 radical (unpaired) electrons. The second-order valence-electron chi connectivity index (χ2n) is 9.04. The van der Waals surface area contributed by atoms with Gasteiger partial charge in [-0.1, -0.05) is 42.5 Å². The molecule has 0 unspecified atom stereocenters. The van der Waals surface area contributed by atoms with Gasteiger partial charge < -0.3 is 24.3 Å². The summed E-state index contributed by atoms with van der Waals surface area (Å²) in [5.74, 6) is 0.909. The number of aromatic nitrogens is 1. The van der Waals surface area contributed by atoms with Gasteiger partial charge in [0.2, 0.25) is 0 Å². The Morgan fingerprint density at radius 3 is 2.35 bits per heavy atom. The van der Waals surface area contributed by atoms with Crippen LogP contribution in [-0.4, -0.2) is 44.8 Å². The highest BCUT2D eigenvalue weighted by Gasteiger charge is 2.17. The third-order valence-corrected chi connectivity index (χ3v) is 6.55. The van der Waals surface area contributed by atoms with Gasteiger partial charge in [-0.15, -0.1) is 0 Å². The van der Waals surface area contributed by atoms with E-state index in [1.54, 1.807) is 39.5 Å². The highest BCUT2D eigenvalue weighted by atomic mass is 16.5. The Morgan fingerprint density at radius 1 is 0.775 bits per heavy atom.